The summed E-state index contributed by atoms with van der Waals surface area (Å²) in [7, 11) is -0.391. The average Bonchev–Trinajstić information content (AvgIpc) is 3.53. The van der Waals surface area contributed by atoms with Gasteiger partial charge in [-0.1, -0.05) is 48.0 Å². The number of nitrogens with zero attached hydrogens (tertiary/aromatic N) is 1. The van der Waals surface area contributed by atoms with Crippen LogP contribution in [0.4, 0.5) is 0 Å². The zero-order chi connectivity index (χ0) is 26.6. The number of nitrogens with one attached hydrogen (secondary N) is 1. The lowest BCUT2D eigenvalue weighted by atomic mass is 9.95. The molecule has 5 rings (SSSR count). The van der Waals surface area contributed by atoms with Crippen molar-refractivity contribution in [1.29, 1.82) is 0 Å². The Morgan fingerprint density at radius 2 is 1.70 bits per heavy atom. The van der Waals surface area contributed by atoms with Gasteiger partial charge >= 0.3 is 0 Å². The third-order valence-corrected chi connectivity index (χ3v) is 8.55. The first kappa shape index (κ1) is 27.1. The van der Waals surface area contributed by atoms with Gasteiger partial charge in [-0.3, -0.25) is 4.31 Å². The molecule has 3 aromatic carbocycles. The van der Waals surface area contributed by atoms with Crippen LogP contribution >= 0.6 is 23.2 Å². The number of alkyl halides is 2. The molecule has 8 heteroatoms. The minimum absolute atomic E-state index is 0.0683. The van der Waals surface area contributed by atoms with Gasteiger partial charge < -0.3 is 9.72 Å². The number of aromatic amines is 1. The van der Waals surface area contributed by atoms with Crippen LogP contribution in [-0.4, -0.2) is 37.2 Å². The number of H-pyrrole nitrogens is 1. The highest BCUT2D eigenvalue weighted by atomic mass is 35.5. The third kappa shape index (κ3) is 5.52. The highest BCUT2D eigenvalue weighted by Crippen LogP contribution is 2.48. The number of sulfonamides is 1. The van der Waals surface area contributed by atoms with Gasteiger partial charge in [-0.15, -0.1) is 23.2 Å². The fourth-order valence-corrected chi connectivity index (χ4v) is 6.23. The summed E-state index contributed by atoms with van der Waals surface area (Å²) in [6.07, 6.45) is 3.64. The Labute approximate surface area is 228 Å². The van der Waals surface area contributed by atoms with Crippen molar-refractivity contribution in [2.75, 3.05) is 19.5 Å². The molecule has 0 fully saturated rings. The smallest absolute Gasteiger partial charge is 0.263 e. The van der Waals surface area contributed by atoms with E-state index in [1.165, 1.54) is 4.31 Å². The van der Waals surface area contributed by atoms with Gasteiger partial charge in [-0.2, -0.15) is 0 Å². The van der Waals surface area contributed by atoms with Crippen LogP contribution < -0.4 is 4.74 Å². The van der Waals surface area contributed by atoms with E-state index in [0.717, 1.165) is 57.5 Å². The van der Waals surface area contributed by atoms with Crippen molar-refractivity contribution < 1.29 is 13.2 Å². The van der Waals surface area contributed by atoms with Crippen LogP contribution in [0, 0.1) is 6.92 Å². The second-order valence-corrected chi connectivity index (χ2v) is 11.6. The van der Waals surface area contributed by atoms with Gasteiger partial charge in [0.1, 0.15) is 5.75 Å². The maximum Gasteiger partial charge on any atom is 0.263 e. The first-order valence-electron chi connectivity index (χ1n) is 11.9. The Kier molecular flexibility index (Phi) is 8.53. The lowest BCUT2D eigenvalue weighted by Gasteiger charge is -2.27. The van der Waals surface area contributed by atoms with E-state index in [4.69, 9.17) is 27.9 Å². The SMILES string of the molecule is COc1ccc2[nH]cc([C@@H]3CCC(c4ccccc4)=C3N(C)S(=O)(=O)c3ccc(C)cc3)c2c1.ClCCl. The summed E-state index contributed by atoms with van der Waals surface area (Å²) in [5.41, 5.74) is 6.07. The largest absolute Gasteiger partial charge is 0.497 e. The number of rotatable bonds is 6. The van der Waals surface area contributed by atoms with Crippen LogP contribution in [0.25, 0.3) is 16.5 Å². The van der Waals surface area contributed by atoms with Gasteiger partial charge in [0.15, 0.2) is 0 Å². The Morgan fingerprint density at radius 3 is 2.35 bits per heavy atom. The van der Waals surface area contributed by atoms with E-state index in [1.807, 2.05) is 61.7 Å². The summed E-state index contributed by atoms with van der Waals surface area (Å²) in [6, 6.07) is 23.1. The van der Waals surface area contributed by atoms with Gasteiger partial charge in [0.25, 0.3) is 10.0 Å². The Bertz CT molecular complexity index is 1500. The van der Waals surface area contributed by atoms with Crippen LogP contribution in [0.1, 0.15) is 35.4 Å². The molecule has 0 aliphatic heterocycles. The number of halogens is 2. The first-order chi connectivity index (χ1) is 17.8. The van der Waals surface area contributed by atoms with Crippen LogP contribution in [0.3, 0.4) is 0 Å². The fraction of sp³-hybridized carbons (Fsp3) is 0.241. The molecule has 0 amide bonds. The van der Waals surface area contributed by atoms with Crippen molar-refractivity contribution in [2.24, 2.45) is 0 Å². The van der Waals surface area contributed by atoms with Crippen LogP contribution in [-0.2, 0) is 10.0 Å². The standard InChI is InChI=1S/C28H28N2O3S.CH2Cl2/c1-19-9-12-22(13-10-19)34(31,32)30(2)28-23(20-7-5-4-6-8-20)14-15-24(28)26-18-29-27-16-11-21(33-3)17-25(26)27;2-1-3/h4-13,16-18,24,29H,14-15H2,1-3H3;1H2/t24-;/m0./s1. The molecule has 0 radical (unpaired) electrons. The number of hydrogen-bond donors (Lipinski definition) is 1. The number of benzene rings is 3. The van der Waals surface area contributed by atoms with Crippen molar-refractivity contribution in [3.63, 3.8) is 0 Å². The number of hydrogen-bond acceptors (Lipinski definition) is 3. The quantitative estimate of drug-likeness (QED) is 0.250. The summed E-state index contributed by atoms with van der Waals surface area (Å²) in [5.74, 6) is 0.710. The number of methoxy groups -OCH3 is 1. The molecule has 0 spiro atoms. The molecule has 0 saturated carbocycles. The number of fused-ring (bicyclic) bond motifs is 1. The highest BCUT2D eigenvalue weighted by molar-refractivity contribution is 7.89. The summed E-state index contributed by atoms with van der Waals surface area (Å²) in [6.45, 7) is 1.95. The van der Waals surface area contributed by atoms with Crippen molar-refractivity contribution in [1.82, 2.24) is 9.29 Å². The molecule has 1 N–H and O–H groups in total. The topological polar surface area (TPSA) is 62.4 Å². The number of likely N-dealkylation sites (N-methyl/N-ethyl adjacent to an activating group) is 1. The second kappa shape index (κ2) is 11.6. The number of aryl methyl sites for hydroxylation is 1. The van der Waals surface area contributed by atoms with Gasteiger partial charge in [0.05, 0.1) is 17.3 Å². The molecule has 1 heterocycles. The number of allylic oxidation sites excluding steroid dienone is 2. The van der Waals surface area contributed by atoms with Gasteiger partial charge in [0.2, 0.25) is 0 Å². The molecule has 1 aliphatic rings. The molecule has 4 aromatic rings. The zero-order valence-corrected chi connectivity index (χ0v) is 23.4. The lowest BCUT2D eigenvalue weighted by molar-refractivity contribution is 0.415. The molecule has 0 unspecified atom stereocenters. The first-order valence-corrected chi connectivity index (χ1v) is 14.4. The molecule has 1 aliphatic carbocycles. The van der Waals surface area contributed by atoms with Gasteiger partial charge in [0, 0.05) is 35.8 Å². The summed E-state index contributed by atoms with van der Waals surface area (Å²) < 4.78 is 34.5. The number of ether oxygens (including phenoxy) is 1. The van der Waals surface area contributed by atoms with Crippen molar-refractivity contribution >= 4 is 49.7 Å². The van der Waals surface area contributed by atoms with Crippen LogP contribution in [0.15, 0.2) is 89.6 Å². The summed E-state index contributed by atoms with van der Waals surface area (Å²) >= 11 is 9.53. The molecular weight excluding hydrogens is 527 g/mol. The normalized spacial score (nSPS) is 15.4. The third-order valence-electron chi connectivity index (χ3n) is 6.76. The maximum absolute atomic E-state index is 13.8. The Hall–Kier alpha value is -2.93. The molecular formula is C29H30Cl2N2O3S. The predicted octanol–water partition coefficient (Wildman–Crippen LogP) is 7.52. The van der Waals surface area contributed by atoms with Crippen LogP contribution in [0.5, 0.6) is 5.75 Å². The van der Waals surface area contributed by atoms with E-state index in [1.54, 1.807) is 26.3 Å². The van der Waals surface area contributed by atoms with E-state index in [-0.39, 0.29) is 11.3 Å². The lowest BCUT2D eigenvalue weighted by Crippen LogP contribution is -2.28. The zero-order valence-electron chi connectivity index (χ0n) is 21.0. The molecule has 194 valence electrons. The molecule has 1 atom stereocenters. The fourth-order valence-electron chi connectivity index (χ4n) is 4.94. The summed E-state index contributed by atoms with van der Waals surface area (Å²) in [4.78, 5) is 3.66. The van der Waals surface area contributed by atoms with Crippen molar-refractivity contribution in [2.45, 2.75) is 30.6 Å². The van der Waals surface area contributed by atoms with Gasteiger partial charge in [-0.05, 0) is 66.8 Å². The van der Waals surface area contributed by atoms with E-state index < -0.39 is 10.0 Å². The molecule has 5 nitrogen and oxygen atoms in total. The number of aromatic nitrogens is 1. The van der Waals surface area contributed by atoms with E-state index in [9.17, 15) is 8.42 Å². The average molecular weight is 558 g/mol. The minimum Gasteiger partial charge on any atom is -0.497 e. The summed E-state index contributed by atoms with van der Waals surface area (Å²) in [5, 5.41) is 1.25. The maximum atomic E-state index is 13.8. The molecule has 0 bridgehead atoms. The monoisotopic (exact) mass is 556 g/mol. The highest BCUT2D eigenvalue weighted by Gasteiger charge is 2.36. The van der Waals surface area contributed by atoms with Crippen LogP contribution in [0.2, 0.25) is 0 Å². The Balaban J connectivity index is 0.00000102. The molecule has 37 heavy (non-hydrogen) atoms. The molecule has 1 aromatic heterocycles. The molecule has 0 saturated heterocycles. The van der Waals surface area contributed by atoms with Crippen molar-refractivity contribution in [3.8, 4) is 5.75 Å². The minimum atomic E-state index is -3.73. The Morgan fingerprint density at radius 1 is 1.03 bits per heavy atom. The predicted molar refractivity (Wildman–Crippen MR) is 153 cm³/mol. The van der Waals surface area contributed by atoms with Crippen molar-refractivity contribution in [3.05, 3.63) is 101 Å². The van der Waals surface area contributed by atoms with Gasteiger partial charge in [-0.25, -0.2) is 8.42 Å². The second-order valence-electron chi connectivity index (χ2n) is 8.86. The van der Waals surface area contributed by atoms with E-state index in [0.29, 0.717) is 4.90 Å². The van der Waals surface area contributed by atoms with E-state index >= 15 is 0 Å². The van der Waals surface area contributed by atoms with E-state index in [2.05, 4.69) is 17.1 Å².